The van der Waals surface area contributed by atoms with Crippen LogP contribution in [-0.2, 0) is 0 Å². The van der Waals surface area contributed by atoms with Gasteiger partial charge >= 0.3 is 0 Å². The quantitative estimate of drug-likeness (QED) is 0.553. The highest BCUT2D eigenvalue weighted by molar-refractivity contribution is 8.77. The van der Waals surface area contributed by atoms with Crippen LogP contribution in [0.15, 0.2) is 24.3 Å². The zero-order valence-electron chi connectivity index (χ0n) is 7.24. The third-order valence-electron chi connectivity index (χ3n) is 1.37. The van der Waals surface area contributed by atoms with Crippen molar-refractivity contribution < 1.29 is 4.74 Å². The predicted molar refractivity (Wildman–Crippen MR) is 70.6 cm³/mol. The first-order chi connectivity index (χ1) is 6.58. The molecule has 1 nitrogen and oxygen atoms in total. The molecule has 0 amide bonds. The average Bonchev–Trinajstić information content (AvgIpc) is 2.07. The number of thiocarbonyl (C=S) groups is 1. The van der Waals surface area contributed by atoms with Crippen LogP contribution in [0.5, 0.6) is 5.75 Å². The molecule has 0 aliphatic heterocycles. The molecule has 0 spiro atoms. The van der Waals surface area contributed by atoms with Crippen LogP contribution in [0.3, 0.4) is 0 Å². The highest BCUT2D eigenvalue weighted by Crippen LogP contribution is 2.59. The first-order valence-electron chi connectivity index (χ1n) is 3.66. The van der Waals surface area contributed by atoms with Crippen LogP contribution in [0.2, 0.25) is 0 Å². The Labute approximate surface area is 103 Å². The van der Waals surface area contributed by atoms with E-state index in [0.29, 0.717) is 10.1 Å². The Balaban J connectivity index is 2.52. The number of hydrogen-bond acceptors (Lipinski definition) is 3. The molecule has 1 rings (SSSR count). The van der Waals surface area contributed by atoms with Gasteiger partial charge in [0.2, 0.25) is 4.38 Å². The predicted octanol–water partition coefficient (Wildman–Crippen LogP) is 5.10. The van der Waals surface area contributed by atoms with Gasteiger partial charge in [0.1, 0.15) is 5.75 Å². The molecule has 0 saturated carbocycles. The number of benzene rings is 1. The van der Waals surface area contributed by atoms with Crippen molar-refractivity contribution >= 4 is 56.3 Å². The van der Waals surface area contributed by atoms with Crippen molar-refractivity contribution in [1.29, 1.82) is 0 Å². The van der Waals surface area contributed by atoms with Crippen LogP contribution in [0.1, 0.15) is 5.56 Å². The lowest BCUT2D eigenvalue weighted by Gasteiger charge is -2.05. The van der Waals surface area contributed by atoms with Crippen LogP contribution in [0, 0.1) is 6.92 Å². The highest BCUT2D eigenvalue weighted by Gasteiger charge is 2.07. The van der Waals surface area contributed by atoms with Crippen LogP contribution >= 0.6 is 51.9 Å². The van der Waals surface area contributed by atoms with E-state index >= 15 is 0 Å². The molecule has 0 aliphatic rings. The first-order valence-corrected chi connectivity index (χ1v) is 8.64. The summed E-state index contributed by atoms with van der Waals surface area (Å²) in [5, 5.41) is 0. The summed E-state index contributed by atoms with van der Waals surface area (Å²) in [5.41, 5.74) is 1.17. The topological polar surface area (TPSA) is 9.23 Å². The number of halogens is 2. The molecule has 0 atom stereocenters. The van der Waals surface area contributed by atoms with Gasteiger partial charge in [0, 0.05) is 0 Å². The average molecular weight is 285 g/mol. The lowest BCUT2D eigenvalue weighted by atomic mass is 10.2. The van der Waals surface area contributed by atoms with Crippen molar-refractivity contribution in [2.75, 3.05) is 0 Å². The second kappa shape index (κ2) is 6.14. The van der Waals surface area contributed by atoms with E-state index in [4.69, 9.17) is 39.4 Å². The Morgan fingerprint density at radius 2 is 1.93 bits per heavy atom. The summed E-state index contributed by atoms with van der Waals surface area (Å²) in [4.78, 5) is 0. The lowest BCUT2D eigenvalue weighted by Crippen LogP contribution is -1.97. The Morgan fingerprint density at radius 3 is 2.43 bits per heavy atom. The number of hydrogen-bond donors (Lipinski definition) is 0. The van der Waals surface area contributed by atoms with E-state index in [1.165, 1.54) is 5.56 Å². The third-order valence-corrected chi connectivity index (χ3v) is 4.59. The molecule has 0 fully saturated rings. The second-order valence-corrected chi connectivity index (χ2v) is 9.44. The van der Waals surface area contributed by atoms with Gasteiger partial charge in [0.05, 0.1) is 0 Å². The Kier molecular flexibility index (Phi) is 5.50. The molecule has 0 aromatic heterocycles. The van der Waals surface area contributed by atoms with Crippen LogP contribution < -0.4 is 4.74 Å². The smallest absolute Gasteiger partial charge is 0.232 e. The van der Waals surface area contributed by atoms with Crippen molar-refractivity contribution in [3.05, 3.63) is 29.8 Å². The summed E-state index contributed by atoms with van der Waals surface area (Å²) in [6.07, 6.45) is 0. The maximum Gasteiger partial charge on any atom is 0.232 e. The standard InChI is InChI=1S/C8H7Cl2OPS2/c1-6-2-4-7(5-3-6)11-8(13)14-12(9)10/h2-5H,1H3. The zero-order chi connectivity index (χ0) is 10.6. The Morgan fingerprint density at radius 1 is 1.36 bits per heavy atom. The molecule has 1 aromatic carbocycles. The van der Waals surface area contributed by atoms with E-state index < -0.39 is 5.83 Å². The van der Waals surface area contributed by atoms with Crippen LogP contribution in [0.4, 0.5) is 0 Å². The van der Waals surface area contributed by atoms with Crippen LogP contribution in [-0.4, -0.2) is 4.38 Å². The first kappa shape index (κ1) is 12.5. The van der Waals surface area contributed by atoms with Crippen molar-refractivity contribution in [1.82, 2.24) is 0 Å². The molecule has 1 aromatic rings. The molecular formula is C8H7Cl2OPS2. The summed E-state index contributed by atoms with van der Waals surface area (Å²) in [6, 6.07) is 7.61. The molecule has 0 bridgehead atoms. The molecule has 14 heavy (non-hydrogen) atoms. The fourth-order valence-electron chi connectivity index (χ4n) is 0.778. The highest BCUT2D eigenvalue weighted by atomic mass is 35.9. The monoisotopic (exact) mass is 284 g/mol. The Bertz CT molecular complexity index is 316. The SMILES string of the molecule is Cc1ccc(OC(=S)SP(Cl)Cl)cc1. The molecule has 76 valence electrons. The second-order valence-electron chi connectivity index (χ2n) is 2.46. The molecule has 6 heteroatoms. The summed E-state index contributed by atoms with van der Waals surface area (Å²) < 4.78 is 5.67. The number of ether oxygens (including phenoxy) is 1. The molecule has 0 heterocycles. The third kappa shape index (κ3) is 4.81. The van der Waals surface area contributed by atoms with Gasteiger partial charge in [0.15, 0.2) is 5.83 Å². The van der Waals surface area contributed by atoms with E-state index in [0.717, 1.165) is 11.4 Å². The minimum absolute atomic E-state index is 0.352. The molecule has 0 radical (unpaired) electrons. The van der Waals surface area contributed by atoms with Crippen molar-refractivity contribution in [3.8, 4) is 5.75 Å². The normalized spacial score (nSPS) is 10.3. The maximum absolute atomic E-state index is 5.59. The van der Waals surface area contributed by atoms with Gasteiger partial charge in [-0.25, -0.2) is 0 Å². The van der Waals surface area contributed by atoms with Crippen molar-refractivity contribution in [3.63, 3.8) is 0 Å². The minimum atomic E-state index is -1.15. The van der Waals surface area contributed by atoms with E-state index in [1.54, 1.807) is 0 Å². The minimum Gasteiger partial charge on any atom is -0.439 e. The Hall–Kier alpha value is 0.470. The molecular weight excluding hydrogens is 278 g/mol. The van der Waals surface area contributed by atoms with Gasteiger partial charge in [-0.3, -0.25) is 0 Å². The summed E-state index contributed by atoms with van der Waals surface area (Å²) in [7, 11) is 0. The largest absolute Gasteiger partial charge is 0.439 e. The fourth-order valence-corrected chi connectivity index (χ4v) is 4.11. The van der Waals surface area contributed by atoms with Gasteiger partial charge in [0.25, 0.3) is 0 Å². The number of rotatable bonds is 2. The summed E-state index contributed by atoms with van der Waals surface area (Å²) in [6.45, 7) is 2.01. The number of aryl methyl sites for hydroxylation is 1. The molecule has 0 unspecified atom stereocenters. The molecule has 0 saturated heterocycles. The summed E-state index contributed by atoms with van der Waals surface area (Å²) >= 11 is 17.3. The van der Waals surface area contributed by atoms with Gasteiger partial charge in [-0.2, -0.15) is 0 Å². The van der Waals surface area contributed by atoms with Gasteiger partial charge in [-0.15, -0.1) is 0 Å². The maximum atomic E-state index is 5.59. The zero-order valence-corrected chi connectivity index (χ0v) is 11.3. The molecule has 0 aliphatic carbocycles. The molecule has 0 N–H and O–H groups in total. The van der Waals surface area contributed by atoms with E-state index in [-0.39, 0.29) is 0 Å². The van der Waals surface area contributed by atoms with E-state index in [1.807, 2.05) is 31.2 Å². The van der Waals surface area contributed by atoms with E-state index in [2.05, 4.69) is 0 Å². The van der Waals surface area contributed by atoms with Gasteiger partial charge in [-0.1, -0.05) is 40.2 Å². The fraction of sp³-hybridized carbons (Fsp3) is 0.125. The van der Waals surface area contributed by atoms with Crippen LogP contribution in [0.25, 0.3) is 0 Å². The van der Waals surface area contributed by atoms with Crippen molar-refractivity contribution in [2.45, 2.75) is 6.92 Å². The van der Waals surface area contributed by atoms with Crippen molar-refractivity contribution in [2.24, 2.45) is 0 Å². The van der Waals surface area contributed by atoms with E-state index in [9.17, 15) is 0 Å². The lowest BCUT2D eigenvalue weighted by molar-refractivity contribution is 0.579. The van der Waals surface area contributed by atoms with Gasteiger partial charge < -0.3 is 4.74 Å². The summed E-state index contributed by atoms with van der Waals surface area (Å²) in [5.74, 6) is -0.441. The van der Waals surface area contributed by atoms with Gasteiger partial charge in [-0.05, 0) is 42.7 Å².